The molecule has 244 valence electrons. The molecule has 0 unspecified atom stereocenters. The van der Waals surface area contributed by atoms with Crippen LogP contribution in [0.25, 0.3) is 0 Å². The molecule has 0 spiro atoms. The van der Waals surface area contributed by atoms with Gasteiger partial charge in [0.2, 0.25) is 11.7 Å². The number of nitrogens with one attached hydrogen (secondary N) is 3. The van der Waals surface area contributed by atoms with Gasteiger partial charge in [-0.2, -0.15) is 26.9 Å². The summed E-state index contributed by atoms with van der Waals surface area (Å²) in [5.41, 5.74) is 1.47. The second-order valence-electron chi connectivity index (χ2n) is 11.0. The first-order chi connectivity index (χ1) is 21.3. The number of hydrogen-bond acceptors (Lipinski definition) is 9. The Morgan fingerprint density at radius 3 is 2.33 bits per heavy atom. The Balaban J connectivity index is 1.35. The van der Waals surface area contributed by atoms with Crippen molar-refractivity contribution in [3.05, 3.63) is 47.3 Å². The maximum Gasteiger partial charge on any atom is 0.451 e. The van der Waals surface area contributed by atoms with Gasteiger partial charge in [-0.05, 0) is 62.1 Å². The van der Waals surface area contributed by atoms with Crippen LogP contribution in [0, 0.1) is 17.2 Å². The lowest BCUT2D eigenvalue weighted by Gasteiger charge is -2.34. The number of anilines is 2. The summed E-state index contributed by atoms with van der Waals surface area (Å²) >= 11 is 0. The van der Waals surface area contributed by atoms with Gasteiger partial charge in [-0.3, -0.25) is 9.35 Å². The second kappa shape index (κ2) is 14.7. The first kappa shape index (κ1) is 33.7. The molecule has 2 aliphatic rings. The highest BCUT2D eigenvalue weighted by Crippen LogP contribution is 2.34. The molecule has 13 nitrogen and oxygen atoms in total. The minimum Gasteiger partial charge on any atom is -0.356 e. The maximum atomic E-state index is 13.9. The lowest BCUT2D eigenvalue weighted by atomic mass is 9.93. The zero-order chi connectivity index (χ0) is 32.6. The number of amides is 3. The predicted octanol–water partition coefficient (Wildman–Crippen LogP) is 2.45. The third-order valence-corrected chi connectivity index (χ3v) is 8.30. The van der Waals surface area contributed by atoms with Crippen molar-refractivity contribution < 1.29 is 35.7 Å². The molecule has 0 bridgehead atoms. The number of hydrogen-bond donors (Lipinski definition) is 4. The standard InChI is InChI=1S/C28H35F3N8O5S/c29-28(30,31)26-36-23(38-14-9-20(10-15-38)8-12-34-27(41)35-18-45(42,43)44)16-24(37-26)39-13-1-2-22(39)25(40)33-11-7-19-3-5-21(17-32)6-4-19/h3-6,16,20,22H,1-2,7-15,18H2,(H,33,40)(H2,34,35,41)(H,42,43,44)/t22-/m0/s1. The van der Waals surface area contributed by atoms with Gasteiger partial charge >= 0.3 is 12.2 Å². The number of rotatable bonds is 11. The van der Waals surface area contributed by atoms with Crippen LogP contribution in [0.4, 0.5) is 29.6 Å². The molecule has 2 aromatic rings. The molecule has 2 aliphatic heterocycles. The molecule has 3 amide bonds. The Morgan fingerprint density at radius 2 is 1.69 bits per heavy atom. The minimum atomic E-state index is -4.79. The summed E-state index contributed by atoms with van der Waals surface area (Å²) in [7, 11) is -4.33. The van der Waals surface area contributed by atoms with Crippen molar-refractivity contribution in [2.75, 3.05) is 48.4 Å². The molecule has 4 rings (SSSR count). The lowest BCUT2D eigenvalue weighted by molar-refractivity contribution is -0.144. The fourth-order valence-electron chi connectivity index (χ4n) is 5.43. The number of piperidine rings is 1. The fourth-order valence-corrected chi connectivity index (χ4v) is 5.74. The van der Waals surface area contributed by atoms with Crippen LogP contribution in [0.3, 0.4) is 0 Å². The third-order valence-electron chi connectivity index (χ3n) is 7.79. The Bertz CT molecular complexity index is 1490. The first-order valence-corrected chi connectivity index (χ1v) is 16.1. The van der Waals surface area contributed by atoms with E-state index in [9.17, 15) is 31.2 Å². The number of alkyl halides is 3. The number of urea groups is 1. The highest BCUT2D eigenvalue weighted by molar-refractivity contribution is 7.85. The molecule has 0 saturated carbocycles. The molecule has 0 aliphatic carbocycles. The number of benzene rings is 1. The lowest BCUT2D eigenvalue weighted by Crippen LogP contribution is -2.44. The number of carbonyl (C=O) groups excluding carboxylic acids is 2. The Morgan fingerprint density at radius 1 is 1.00 bits per heavy atom. The van der Waals surface area contributed by atoms with E-state index in [0.29, 0.717) is 70.3 Å². The molecule has 2 saturated heterocycles. The normalized spacial score (nSPS) is 17.5. The molecule has 45 heavy (non-hydrogen) atoms. The minimum absolute atomic E-state index is 0.0410. The van der Waals surface area contributed by atoms with Crippen LogP contribution in [0.2, 0.25) is 0 Å². The number of halogens is 3. The SMILES string of the molecule is N#Cc1ccc(CCNC(=O)[C@@H]2CCCN2c2cc(N3CCC(CCNC(=O)NCS(=O)(=O)O)CC3)nc(C(F)(F)F)n2)cc1. The van der Waals surface area contributed by atoms with Crippen LogP contribution in [0.5, 0.6) is 0 Å². The number of carbonyl (C=O) groups is 2. The van der Waals surface area contributed by atoms with Gasteiger partial charge < -0.3 is 25.8 Å². The molecule has 1 atom stereocenters. The Labute approximate surface area is 258 Å². The van der Waals surface area contributed by atoms with Crippen molar-refractivity contribution in [3.63, 3.8) is 0 Å². The van der Waals surface area contributed by atoms with Crippen LogP contribution in [0.1, 0.15) is 49.1 Å². The van der Waals surface area contributed by atoms with Gasteiger partial charge in [0.15, 0.2) is 0 Å². The van der Waals surface area contributed by atoms with Gasteiger partial charge in [-0.15, -0.1) is 0 Å². The molecule has 1 aromatic heterocycles. The molecule has 3 heterocycles. The van der Waals surface area contributed by atoms with Crippen LogP contribution in [-0.2, 0) is 27.5 Å². The van der Waals surface area contributed by atoms with E-state index in [1.807, 2.05) is 23.5 Å². The van der Waals surface area contributed by atoms with Gasteiger partial charge in [0.25, 0.3) is 10.1 Å². The van der Waals surface area contributed by atoms with E-state index in [-0.39, 0.29) is 30.0 Å². The molecule has 1 aromatic carbocycles. The molecule has 4 N–H and O–H groups in total. The zero-order valence-electron chi connectivity index (χ0n) is 24.4. The monoisotopic (exact) mass is 652 g/mol. The largest absolute Gasteiger partial charge is 0.451 e. The van der Waals surface area contributed by atoms with Gasteiger partial charge in [0.1, 0.15) is 23.6 Å². The van der Waals surface area contributed by atoms with Crippen molar-refractivity contribution in [2.45, 2.75) is 50.7 Å². The third kappa shape index (κ3) is 9.91. The molecular weight excluding hydrogens is 617 g/mol. The van der Waals surface area contributed by atoms with Gasteiger partial charge in [-0.25, -0.2) is 14.8 Å². The van der Waals surface area contributed by atoms with E-state index in [0.717, 1.165) is 5.56 Å². The molecule has 17 heteroatoms. The first-order valence-electron chi connectivity index (χ1n) is 14.5. The van der Waals surface area contributed by atoms with E-state index < -0.39 is 40.1 Å². The maximum absolute atomic E-state index is 13.9. The van der Waals surface area contributed by atoms with Crippen molar-refractivity contribution in [1.29, 1.82) is 5.26 Å². The average Bonchev–Trinajstić information content (AvgIpc) is 3.50. The summed E-state index contributed by atoms with van der Waals surface area (Å²) in [5.74, 6) is -2.14. The second-order valence-corrected chi connectivity index (χ2v) is 12.4. The summed E-state index contributed by atoms with van der Waals surface area (Å²) in [6, 6.07) is 9.14. The molecule has 2 fully saturated rings. The smallest absolute Gasteiger partial charge is 0.356 e. The van der Waals surface area contributed by atoms with Crippen molar-refractivity contribution in [3.8, 4) is 6.07 Å². The van der Waals surface area contributed by atoms with Crippen LogP contribution >= 0.6 is 0 Å². The van der Waals surface area contributed by atoms with Crippen LogP contribution in [-0.4, -0.2) is 79.5 Å². The average molecular weight is 653 g/mol. The van der Waals surface area contributed by atoms with Crippen LogP contribution < -0.4 is 25.8 Å². The predicted molar refractivity (Wildman–Crippen MR) is 158 cm³/mol. The van der Waals surface area contributed by atoms with Crippen molar-refractivity contribution >= 4 is 33.7 Å². The Hall–Kier alpha value is -4.17. The highest BCUT2D eigenvalue weighted by Gasteiger charge is 2.39. The molecule has 0 radical (unpaired) electrons. The van der Waals surface area contributed by atoms with E-state index >= 15 is 0 Å². The summed E-state index contributed by atoms with van der Waals surface area (Å²) in [4.78, 5) is 35.8. The van der Waals surface area contributed by atoms with Gasteiger partial charge in [0.05, 0.1) is 11.6 Å². The summed E-state index contributed by atoms with van der Waals surface area (Å²) < 4.78 is 71.8. The van der Waals surface area contributed by atoms with E-state index in [4.69, 9.17) is 9.81 Å². The summed E-state index contributed by atoms with van der Waals surface area (Å²) in [5, 5.41) is 16.4. The highest BCUT2D eigenvalue weighted by atomic mass is 32.2. The van der Waals surface area contributed by atoms with Crippen molar-refractivity contribution in [2.24, 2.45) is 5.92 Å². The van der Waals surface area contributed by atoms with Gasteiger partial charge in [-0.1, -0.05) is 12.1 Å². The van der Waals surface area contributed by atoms with Crippen molar-refractivity contribution in [1.82, 2.24) is 25.9 Å². The topological polar surface area (TPSA) is 181 Å². The summed E-state index contributed by atoms with van der Waals surface area (Å²) in [6.07, 6.45) is -1.34. The number of aromatic nitrogens is 2. The summed E-state index contributed by atoms with van der Waals surface area (Å²) in [6.45, 7) is 1.80. The Kier molecular flexibility index (Phi) is 11.0. The van der Waals surface area contributed by atoms with E-state index in [1.54, 1.807) is 21.9 Å². The fraction of sp³-hybridized carbons (Fsp3) is 0.536. The quantitative estimate of drug-likeness (QED) is 0.263. The number of nitriles is 1. The van der Waals surface area contributed by atoms with Crippen LogP contribution in [0.15, 0.2) is 30.3 Å². The van der Waals surface area contributed by atoms with Gasteiger partial charge in [0, 0.05) is 38.8 Å². The molecular formula is C28H35F3N8O5S. The zero-order valence-corrected chi connectivity index (χ0v) is 25.2. The van der Waals surface area contributed by atoms with E-state index in [1.165, 1.54) is 6.07 Å². The number of nitrogens with zero attached hydrogens (tertiary/aromatic N) is 5. The van der Waals surface area contributed by atoms with E-state index in [2.05, 4.69) is 20.6 Å².